The van der Waals surface area contributed by atoms with Crippen LogP contribution in [0.25, 0.3) is 10.9 Å². The maximum atomic E-state index is 10.9. The Balaban J connectivity index is 1.19. The highest BCUT2D eigenvalue weighted by molar-refractivity contribution is 5.81. The van der Waals surface area contributed by atoms with Crippen molar-refractivity contribution in [1.82, 2.24) is 19.6 Å². The van der Waals surface area contributed by atoms with E-state index in [1.165, 1.54) is 11.1 Å². The minimum Gasteiger partial charge on any atom is -0.493 e. The fourth-order valence-electron chi connectivity index (χ4n) is 4.18. The Kier molecular flexibility index (Phi) is 4.65. The minimum atomic E-state index is -0.371. The lowest BCUT2D eigenvalue weighted by Crippen LogP contribution is -2.46. The molecule has 2 aromatic carbocycles. The van der Waals surface area contributed by atoms with E-state index >= 15 is 0 Å². The molecule has 0 spiro atoms. The number of fused-ring (bicyclic) bond motifs is 2. The number of aromatic nitrogens is 2. The molecule has 8 heteroatoms. The summed E-state index contributed by atoms with van der Waals surface area (Å²) < 4.78 is 7.52. The van der Waals surface area contributed by atoms with Gasteiger partial charge in [0.2, 0.25) is 0 Å². The lowest BCUT2D eigenvalue weighted by molar-refractivity contribution is -0.384. The summed E-state index contributed by atoms with van der Waals surface area (Å²) in [5, 5.41) is 16.2. The number of rotatable bonds is 5. The van der Waals surface area contributed by atoms with Crippen molar-refractivity contribution < 1.29 is 9.66 Å². The van der Waals surface area contributed by atoms with Gasteiger partial charge in [0.25, 0.3) is 5.69 Å². The Bertz CT molecular complexity index is 1060. The number of non-ortho nitro benzene ring substituents is 1. The van der Waals surface area contributed by atoms with E-state index in [-0.39, 0.29) is 10.6 Å². The van der Waals surface area contributed by atoms with Crippen LogP contribution in [-0.2, 0) is 19.6 Å². The normalized spacial score (nSPS) is 17.4. The van der Waals surface area contributed by atoms with Gasteiger partial charge < -0.3 is 4.74 Å². The molecule has 0 aliphatic carbocycles. The lowest BCUT2D eigenvalue weighted by atomic mass is 10.1. The molecular formula is C21H23N5O3. The van der Waals surface area contributed by atoms with Gasteiger partial charge in [0.1, 0.15) is 5.75 Å². The van der Waals surface area contributed by atoms with Crippen LogP contribution in [0, 0.1) is 10.1 Å². The zero-order valence-corrected chi connectivity index (χ0v) is 16.2. The number of nitro groups is 1. The summed E-state index contributed by atoms with van der Waals surface area (Å²) in [7, 11) is 0. The summed E-state index contributed by atoms with van der Waals surface area (Å²) in [6.07, 6.45) is 2.72. The summed E-state index contributed by atoms with van der Waals surface area (Å²) in [4.78, 5) is 15.4. The van der Waals surface area contributed by atoms with Crippen molar-refractivity contribution in [3.8, 4) is 5.75 Å². The Morgan fingerprint density at radius 2 is 1.90 bits per heavy atom. The maximum Gasteiger partial charge on any atom is 0.270 e. The molecule has 3 heterocycles. The highest BCUT2D eigenvalue weighted by Gasteiger charge is 2.19. The Hall–Kier alpha value is -2.97. The molecule has 0 N–H and O–H groups in total. The van der Waals surface area contributed by atoms with Crippen molar-refractivity contribution in [3.05, 3.63) is 63.8 Å². The van der Waals surface area contributed by atoms with Crippen LogP contribution in [0.1, 0.15) is 11.1 Å². The van der Waals surface area contributed by atoms with Crippen LogP contribution >= 0.6 is 0 Å². The second-order valence-electron chi connectivity index (χ2n) is 7.72. The Morgan fingerprint density at radius 1 is 1.07 bits per heavy atom. The quantitative estimate of drug-likeness (QED) is 0.490. The first-order valence-corrected chi connectivity index (χ1v) is 9.95. The molecule has 0 unspecified atom stereocenters. The van der Waals surface area contributed by atoms with Crippen LogP contribution in [0.15, 0.2) is 42.6 Å². The third-order valence-electron chi connectivity index (χ3n) is 5.80. The predicted octanol–water partition coefficient (Wildman–Crippen LogP) is 2.65. The number of nitro benzene ring substituents is 1. The van der Waals surface area contributed by atoms with E-state index in [9.17, 15) is 10.1 Å². The third kappa shape index (κ3) is 3.68. The molecule has 1 saturated heterocycles. The lowest BCUT2D eigenvalue weighted by Gasteiger charge is -2.34. The van der Waals surface area contributed by atoms with E-state index in [1.807, 2.05) is 4.68 Å². The van der Waals surface area contributed by atoms with Crippen LogP contribution in [-0.4, -0.2) is 57.3 Å². The monoisotopic (exact) mass is 393 g/mol. The van der Waals surface area contributed by atoms with Crippen molar-refractivity contribution >= 4 is 16.6 Å². The highest BCUT2D eigenvalue weighted by Crippen LogP contribution is 2.26. The van der Waals surface area contributed by atoms with Crippen LogP contribution in [0.5, 0.6) is 5.75 Å². The molecule has 2 aliphatic rings. The van der Waals surface area contributed by atoms with Gasteiger partial charge in [0, 0.05) is 56.7 Å². The average Bonchev–Trinajstić information content (AvgIpc) is 3.35. The summed E-state index contributed by atoms with van der Waals surface area (Å²) in [6, 6.07) is 11.5. The molecule has 3 aromatic rings. The Labute approximate surface area is 168 Å². The molecule has 0 atom stereocenters. The summed E-state index contributed by atoms with van der Waals surface area (Å²) in [5.74, 6) is 1.04. The van der Waals surface area contributed by atoms with Gasteiger partial charge in [0.05, 0.1) is 29.9 Å². The summed E-state index contributed by atoms with van der Waals surface area (Å²) in [5.41, 5.74) is 3.71. The molecular weight excluding hydrogens is 370 g/mol. The zero-order valence-electron chi connectivity index (χ0n) is 16.2. The van der Waals surface area contributed by atoms with E-state index in [0.717, 1.165) is 62.4 Å². The first-order chi connectivity index (χ1) is 14.2. The minimum absolute atomic E-state index is 0.101. The van der Waals surface area contributed by atoms with Gasteiger partial charge in [-0.25, -0.2) is 0 Å². The van der Waals surface area contributed by atoms with Gasteiger partial charge >= 0.3 is 0 Å². The summed E-state index contributed by atoms with van der Waals surface area (Å²) in [6.45, 7) is 6.44. The number of nitrogens with zero attached hydrogens (tertiary/aromatic N) is 5. The number of hydrogen-bond donors (Lipinski definition) is 0. The Morgan fingerprint density at radius 3 is 2.72 bits per heavy atom. The van der Waals surface area contributed by atoms with Crippen molar-refractivity contribution in [3.63, 3.8) is 0 Å². The third-order valence-corrected chi connectivity index (χ3v) is 5.80. The van der Waals surface area contributed by atoms with E-state index in [1.54, 1.807) is 24.4 Å². The van der Waals surface area contributed by atoms with Gasteiger partial charge in [-0.15, -0.1) is 0 Å². The van der Waals surface area contributed by atoms with E-state index in [2.05, 4.69) is 33.1 Å². The molecule has 5 rings (SSSR count). The first-order valence-electron chi connectivity index (χ1n) is 9.95. The van der Waals surface area contributed by atoms with E-state index < -0.39 is 0 Å². The van der Waals surface area contributed by atoms with Crippen LogP contribution in [0.4, 0.5) is 5.69 Å². The second kappa shape index (κ2) is 7.46. The van der Waals surface area contributed by atoms with Gasteiger partial charge in [-0.3, -0.25) is 24.6 Å². The second-order valence-corrected chi connectivity index (χ2v) is 7.72. The standard InChI is InChI=1S/C21H23N5O3/c27-26(28)19-2-3-20-18(12-19)13-22-25(20)15-24-8-6-23(7-9-24)14-16-1-4-21-17(11-16)5-10-29-21/h1-4,11-13H,5-10,14-15H2. The molecule has 0 radical (unpaired) electrons. The number of ether oxygens (including phenoxy) is 1. The number of piperazine rings is 1. The molecule has 0 amide bonds. The molecule has 150 valence electrons. The largest absolute Gasteiger partial charge is 0.493 e. The topological polar surface area (TPSA) is 76.7 Å². The highest BCUT2D eigenvalue weighted by atomic mass is 16.6. The van der Waals surface area contributed by atoms with Crippen molar-refractivity contribution in [2.24, 2.45) is 0 Å². The average molecular weight is 393 g/mol. The molecule has 1 fully saturated rings. The number of hydrogen-bond acceptors (Lipinski definition) is 6. The van der Waals surface area contributed by atoms with Crippen LogP contribution < -0.4 is 4.74 Å². The molecule has 8 nitrogen and oxygen atoms in total. The van der Waals surface area contributed by atoms with Crippen molar-refractivity contribution in [2.75, 3.05) is 32.8 Å². The fraction of sp³-hybridized carbons (Fsp3) is 0.381. The van der Waals surface area contributed by atoms with E-state index in [4.69, 9.17) is 4.74 Å². The number of benzene rings is 2. The van der Waals surface area contributed by atoms with Crippen molar-refractivity contribution in [1.29, 1.82) is 0 Å². The molecule has 29 heavy (non-hydrogen) atoms. The summed E-state index contributed by atoms with van der Waals surface area (Å²) >= 11 is 0. The molecule has 0 saturated carbocycles. The maximum absolute atomic E-state index is 10.9. The first kappa shape index (κ1) is 18.1. The van der Waals surface area contributed by atoms with Gasteiger partial charge in [0.15, 0.2) is 0 Å². The zero-order chi connectivity index (χ0) is 19.8. The SMILES string of the molecule is O=[N+]([O-])c1ccc2c(cnn2CN2CCN(Cc3ccc4c(c3)CCO4)CC2)c1. The fourth-order valence-corrected chi connectivity index (χ4v) is 4.18. The van der Waals surface area contributed by atoms with Gasteiger partial charge in [-0.05, 0) is 23.3 Å². The van der Waals surface area contributed by atoms with Gasteiger partial charge in [-0.2, -0.15) is 5.10 Å². The van der Waals surface area contributed by atoms with Crippen molar-refractivity contribution in [2.45, 2.75) is 19.6 Å². The molecule has 0 bridgehead atoms. The predicted molar refractivity (Wildman–Crippen MR) is 109 cm³/mol. The van der Waals surface area contributed by atoms with E-state index in [0.29, 0.717) is 6.67 Å². The molecule has 1 aromatic heterocycles. The van der Waals surface area contributed by atoms with Crippen LogP contribution in [0.2, 0.25) is 0 Å². The molecule has 2 aliphatic heterocycles. The van der Waals surface area contributed by atoms with Crippen LogP contribution in [0.3, 0.4) is 0 Å². The smallest absolute Gasteiger partial charge is 0.270 e. The van der Waals surface area contributed by atoms with Gasteiger partial charge in [-0.1, -0.05) is 12.1 Å².